The Morgan fingerprint density at radius 2 is 1.96 bits per heavy atom. The van der Waals surface area contributed by atoms with E-state index in [-0.39, 0.29) is 13.5 Å². The molecule has 0 radical (unpaired) electrons. The third kappa shape index (κ3) is 4.22. The Morgan fingerprint density at radius 3 is 2.60 bits per heavy atom. The average Bonchev–Trinajstić information content (AvgIpc) is 3.01. The SMILES string of the molecule is C.CCOC(=O)N1CC(c2ccc(Br)cc2)N=C1c1ccccc1Cl. The lowest BCUT2D eigenvalue weighted by Crippen LogP contribution is -2.35. The third-order valence-corrected chi connectivity index (χ3v) is 4.61. The molecule has 0 bridgehead atoms. The number of carbonyl (C=O) groups is 1. The monoisotopic (exact) mass is 422 g/mol. The summed E-state index contributed by atoms with van der Waals surface area (Å²) in [5.41, 5.74) is 1.77. The molecule has 4 nitrogen and oxygen atoms in total. The van der Waals surface area contributed by atoms with Gasteiger partial charge in [0.15, 0.2) is 0 Å². The van der Waals surface area contributed by atoms with Crippen LogP contribution in [0.15, 0.2) is 58.0 Å². The van der Waals surface area contributed by atoms with E-state index in [4.69, 9.17) is 21.3 Å². The van der Waals surface area contributed by atoms with E-state index in [1.165, 1.54) is 0 Å². The van der Waals surface area contributed by atoms with Gasteiger partial charge in [0.25, 0.3) is 0 Å². The molecule has 1 atom stereocenters. The molecule has 0 aromatic heterocycles. The average molecular weight is 424 g/mol. The largest absolute Gasteiger partial charge is 0.449 e. The zero-order chi connectivity index (χ0) is 17.1. The van der Waals surface area contributed by atoms with Gasteiger partial charge in [0, 0.05) is 10.0 Å². The van der Waals surface area contributed by atoms with Crippen LogP contribution in [0.4, 0.5) is 4.79 Å². The second kappa shape index (κ2) is 8.50. The number of hydrogen-bond acceptors (Lipinski definition) is 3. The summed E-state index contributed by atoms with van der Waals surface area (Å²) < 4.78 is 6.18. The fraction of sp³-hybridized carbons (Fsp3) is 0.263. The first kappa shape index (κ1) is 19.5. The van der Waals surface area contributed by atoms with Crippen LogP contribution in [0.3, 0.4) is 0 Å². The molecule has 0 fully saturated rings. The Hall–Kier alpha value is -1.85. The van der Waals surface area contributed by atoms with Crippen molar-refractivity contribution in [3.63, 3.8) is 0 Å². The molecular formula is C19H20BrClN2O2. The Balaban J connectivity index is 0.00000225. The van der Waals surface area contributed by atoms with E-state index in [0.29, 0.717) is 24.0 Å². The van der Waals surface area contributed by atoms with E-state index in [1.54, 1.807) is 17.9 Å². The van der Waals surface area contributed by atoms with E-state index in [9.17, 15) is 4.79 Å². The standard InChI is InChI=1S/C18H16BrClN2O2.CH4/c1-2-24-18(23)22-11-16(12-7-9-13(19)10-8-12)21-17(22)14-5-3-4-6-15(14)20;/h3-10,16H,2,11H2,1H3;1H4. The minimum atomic E-state index is -0.407. The predicted octanol–water partition coefficient (Wildman–Crippen LogP) is 5.70. The van der Waals surface area contributed by atoms with Crippen LogP contribution in [0.25, 0.3) is 0 Å². The van der Waals surface area contributed by atoms with Crippen molar-refractivity contribution >= 4 is 39.5 Å². The Kier molecular flexibility index (Phi) is 6.62. The first-order chi connectivity index (χ1) is 11.6. The molecule has 1 aliphatic rings. The number of benzene rings is 2. The van der Waals surface area contributed by atoms with Crippen molar-refractivity contribution in [3.05, 3.63) is 69.2 Å². The summed E-state index contributed by atoms with van der Waals surface area (Å²) in [6, 6.07) is 15.2. The van der Waals surface area contributed by atoms with Gasteiger partial charge in [-0.25, -0.2) is 4.79 Å². The number of nitrogens with zero attached hydrogens (tertiary/aromatic N) is 2. The summed E-state index contributed by atoms with van der Waals surface area (Å²) in [5.74, 6) is 0.548. The molecule has 2 aromatic rings. The van der Waals surface area contributed by atoms with Gasteiger partial charge in [-0.05, 0) is 36.8 Å². The number of amides is 1. The molecule has 132 valence electrons. The fourth-order valence-electron chi connectivity index (χ4n) is 2.60. The van der Waals surface area contributed by atoms with Gasteiger partial charge in [0.05, 0.1) is 24.2 Å². The van der Waals surface area contributed by atoms with Crippen LogP contribution in [-0.4, -0.2) is 30.0 Å². The summed E-state index contributed by atoms with van der Waals surface area (Å²) >= 11 is 9.73. The van der Waals surface area contributed by atoms with Gasteiger partial charge in [-0.1, -0.05) is 59.2 Å². The van der Waals surface area contributed by atoms with Gasteiger partial charge in [-0.3, -0.25) is 9.89 Å². The molecule has 0 saturated heterocycles. The Bertz CT molecular complexity index is 777. The summed E-state index contributed by atoms with van der Waals surface area (Å²) in [5, 5.41) is 0.557. The molecular weight excluding hydrogens is 404 g/mol. The molecule has 1 amide bonds. The van der Waals surface area contributed by atoms with Gasteiger partial charge in [-0.15, -0.1) is 0 Å². The van der Waals surface area contributed by atoms with Crippen LogP contribution < -0.4 is 0 Å². The highest BCUT2D eigenvalue weighted by Gasteiger charge is 2.33. The van der Waals surface area contributed by atoms with Gasteiger partial charge >= 0.3 is 6.09 Å². The highest BCUT2D eigenvalue weighted by molar-refractivity contribution is 9.10. The van der Waals surface area contributed by atoms with Gasteiger partial charge < -0.3 is 4.74 Å². The quantitative estimate of drug-likeness (QED) is 0.635. The molecule has 0 spiro atoms. The zero-order valence-corrected chi connectivity index (χ0v) is 15.4. The van der Waals surface area contributed by atoms with Crippen LogP contribution in [0, 0.1) is 0 Å². The van der Waals surface area contributed by atoms with Crippen LogP contribution in [0.5, 0.6) is 0 Å². The van der Waals surface area contributed by atoms with Gasteiger partial charge in [0.1, 0.15) is 5.84 Å². The second-order valence-corrected chi connectivity index (χ2v) is 6.63. The van der Waals surface area contributed by atoms with Crippen molar-refractivity contribution in [1.82, 2.24) is 4.90 Å². The number of carbonyl (C=O) groups excluding carboxylic acids is 1. The molecule has 6 heteroatoms. The second-order valence-electron chi connectivity index (χ2n) is 5.31. The van der Waals surface area contributed by atoms with E-state index in [2.05, 4.69) is 15.9 Å². The summed E-state index contributed by atoms with van der Waals surface area (Å²) in [6.45, 7) is 2.53. The molecule has 0 aliphatic carbocycles. The maximum absolute atomic E-state index is 12.3. The smallest absolute Gasteiger partial charge is 0.415 e. The molecule has 0 N–H and O–H groups in total. The van der Waals surface area contributed by atoms with Crippen LogP contribution in [0.1, 0.15) is 31.5 Å². The molecule has 2 aromatic carbocycles. The third-order valence-electron chi connectivity index (χ3n) is 3.75. The maximum atomic E-state index is 12.3. The highest BCUT2D eigenvalue weighted by Crippen LogP contribution is 2.30. The number of ether oxygens (including phenoxy) is 1. The number of amidine groups is 1. The van der Waals surface area contributed by atoms with Crippen molar-refractivity contribution in [2.75, 3.05) is 13.2 Å². The summed E-state index contributed by atoms with van der Waals surface area (Å²) in [7, 11) is 0. The zero-order valence-electron chi connectivity index (χ0n) is 13.1. The molecule has 1 unspecified atom stereocenters. The first-order valence-corrected chi connectivity index (χ1v) is 8.79. The van der Waals surface area contributed by atoms with E-state index in [1.807, 2.05) is 42.5 Å². The minimum Gasteiger partial charge on any atom is -0.449 e. The van der Waals surface area contributed by atoms with Crippen LogP contribution in [-0.2, 0) is 4.74 Å². The summed E-state index contributed by atoms with van der Waals surface area (Å²) in [6.07, 6.45) is -0.407. The van der Waals surface area contributed by atoms with Crippen LogP contribution in [0.2, 0.25) is 5.02 Å². The van der Waals surface area contributed by atoms with E-state index < -0.39 is 6.09 Å². The Morgan fingerprint density at radius 1 is 1.28 bits per heavy atom. The van der Waals surface area contributed by atoms with E-state index in [0.717, 1.165) is 15.6 Å². The number of rotatable bonds is 3. The lowest BCUT2D eigenvalue weighted by Gasteiger charge is -2.19. The number of aliphatic imine (C=N–C) groups is 1. The van der Waals surface area contributed by atoms with Crippen molar-refractivity contribution in [3.8, 4) is 0 Å². The van der Waals surface area contributed by atoms with E-state index >= 15 is 0 Å². The van der Waals surface area contributed by atoms with Gasteiger partial charge in [0.2, 0.25) is 0 Å². The predicted molar refractivity (Wildman–Crippen MR) is 105 cm³/mol. The molecule has 3 rings (SSSR count). The van der Waals surface area contributed by atoms with Crippen LogP contribution >= 0.6 is 27.5 Å². The molecule has 25 heavy (non-hydrogen) atoms. The molecule has 1 aliphatic heterocycles. The lowest BCUT2D eigenvalue weighted by molar-refractivity contribution is 0.129. The normalized spacial score (nSPS) is 16.2. The summed E-state index contributed by atoms with van der Waals surface area (Å²) in [4.78, 5) is 18.6. The fourth-order valence-corrected chi connectivity index (χ4v) is 3.09. The van der Waals surface area contributed by atoms with Crippen molar-refractivity contribution in [2.24, 2.45) is 4.99 Å². The maximum Gasteiger partial charge on any atom is 0.415 e. The topological polar surface area (TPSA) is 41.9 Å². The lowest BCUT2D eigenvalue weighted by atomic mass is 10.1. The molecule has 0 saturated carbocycles. The Labute approximate surface area is 161 Å². The van der Waals surface area contributed by atoms with Gasteiger partial charge in [-0.2, -0.15) is 0 Å². The van der Waals surface area contributed by atoms with Crippen molar-refractivity contribution in [1.29, 1.82) is 0 Å². The highest BCUT2D eigenvalue weighted by atomic mass is 79.9. The number of hydrogen-bond donors (Lipinski definition) is 0. The van der Waals surface area contributed by atoms with Crippen molar-refractivity contribution in [2.45, 2.75) is 20.4 Å². The molecule has 1 heterocycles. The van der Waals surface area contributed by atoms with Crippen molar-refractivity contribution < 1.29 is 9.53 Å². The first-order valence-electron chi connectivity index (χ1n) is 7.62. The number of halogens is 2. The minimum absolute atomic E-state index is 0.